The van der Waals surface area contributed by atoms with Crippen LogP contribution in [0.25, 0.3) is 0 Å². The average molecular weight is 369 g/mol. The van der Waals surface area contributed by atoms with Gasteiger partial charge in [-0.25, -0.2) is 8.42 Å². The number of hydrogen-bond donors (Lipinski definition) is 1. The van der Waals surface area contributed by atoms with Crippen molar-refractivity contribution in [2.45, 2.75) is 30.0 Å². The molecule has 0 spiro atoms. The van der Waals surface area contributed by atoms with Crippen molar-refractivity contribution in [3.8, 4) is 0 Å². The van der Waals surface area contributed by atoms with Crippen LogP contribution in [0, 0.1) is 6.92 Å². The van der Waals surface area contributed by atoms with E-state index in [0.717, 1.165) is 30.5 Å². The molecule has 132 valence electrons. The van der Waals surface area contributed by atoms with Gasteiger partial charge in [-0.2, -0.15) is 26.7 Å². The van der Waals surface area contributed by atoms with E-state index in [1.807, 2.05) is 0 Å². The normalized spacial score (nSPS) is 14.6. The molecule has 0 bridgehead atoms. The van der Waals surface area contributed by atoms with E-state index in [2.05, 4.69) is 4.42 Å². The monoisotopic (exact) mass is 369 g/mol. The Balaban J connectivity index is 2.45. The fourth-order valence-corrected chi connectivity index (χ4v) is 3.08. The zero-order valence-electron chi connectivity index (χ0n) is 12.1. The summed E-state index contributed by atoms with van der Waals surface area (Å²) in [6.45, 7) is 1.66. The number of alkyl halides is 5. The van der Waals surface area contributed by atoms with E-state index in [0.29, 0.717) is 5.56 Å². The van der Waals surface area contributed by atoms with Gasteiger partial charge >= 0.3 is 12.1 Å². The third-order valence-electron chi connectivity index (χ3n) is 3.17. The Kier molecular flexibility index (Phi) is 4.73. The molecule has 1 atom stereocenters. The Labute approximate surface area is 134 Å². The van der Waals surface area contributed by atoms with E-state index in [1.165, 1.54) is 16.9 Å². The minimum absolute atomic E-state index is 0.442. The standard InChI is InChI=1S/C14H12F5NO3S/c1-9-4-6-10(7-5-9)24(21,22)20-12(11-3-2-8-23-11)13(15,16)14(17,18)19/h2-8,12,20H,1H3. The average Bonchev–Trinajstić information content (AvgIpc) is 2.97. The summed E-state index contributed by atoms with van der Waals surface area (Å²) >= 11 is 0. The Morgan fingerprint density at radius 3 is 2.08 bits per heavy atom. The molecule has 0 saturated carbocycles. The second kappa shape index (κ2) is 6.17. The molecular weight excluding hydrogens is 357 g/mol. The summed E-state index contributed by atoms with van der Waals surface area (Å²) in [6, 6.07) is 3.96. The van der Waals surface area contributed by atoms with E-state index >= 15 is 0 Å². The largest absolute Gasteiger partial charge is 0.467 e. The fraction of sp³-hybridized carbons (Fsp3) is 0.286. The van der Waals surface area contributed by atoms with E-state index < -0.39 is 38.8 Å². The topological polar surface area (TPSA) is 59.3 Å². The molecule has 24 heavy (non-hydrogen) atoms. The van der Waals surface area contributed by atoms with Crippen molar-refractivity contribution in [3.63, 3.8) is 0 Å². The number of halogens is 5. The van der Waals surface area contributed by atoms with Gasteiger partial charge in [-0.3, -0.25) is 0 Å². The van der Waals surface area contributed by atoms with Crippen LogP contribution >= 0.6 is 0 Å². The molecule has 1 N–H and O–H groups in total. The highest BCUT2D eigenvalue weighted by Gasteiger charge is 2.64. The van der Waals surface area contributed by atoms with Gasteiger partial charge in [-0.1, -0.05) is 17.7 Å². The predicted octanol–water partition coefficient (Wildman–Crippen LogP) is 3.81. The molecule has 0 fully saturated rings. The first kappa shape index (κ1) is 18.4. The predicted molar refractivity (Wildman–Crippen MR) is 74.0 cm³/mol. The zero-order valence-corrected chi connectivity index (χ0v) is 13.0. The van der Waals surface area contributed by atoms with Gasteiger partial charge in [0.05, 0.1) is 11.2 Å². The first-order chi connectivity index (χ1) is 10.9. The van der Waals surface area contributed by atoms with Gasteiger partial charge in [-0.15, -0.1) is 0 Å². The molecule has 0 aliphatic rings. The molecule has 2 aromatic rings. The summed E-state index contributed by atoms with van der Waals surface area (Å²) in [6.07, 6.45) is -5.10. The second-order valence-electron chi connectivity index (χ2n) is 5.00. The van der Waals surface area contributed by atoms with Crippen LogP contribution in [0.3, 0.4) is 0 Å². The van der Waals surface area contributed by atoms with Crippen LogP contribution in [-0.4, -0.2) is 20.5 Å². The van der Waals surface area contributed by atoms with Gasteiger partial charge < -0.3 is 4.42 Å². The maximum absolute atomic E-state index is 13.8. The third-order valence-corrected chi connectivity index (χ3v) is 4.61. The lowest BCUT2D eigenvalue weighted by Crippen LogP contribution is -2.49. The summed E-state index contributed by atoms with van der Waals surface area (Å²) in [5, 5.41) is 0. The molecule has 0 amide bonds. The molecule has 1 unspecified atom stereocenters. The summed E-state index contributed by atoms with van der Waals surface area (Å²) in [4.78, 5) is -0.442. The number of hydrogen-bond acceptors (Lipinski definition) is 3. The fourth-order valence-electron chi connectivity index (χ4n) is 1.87. The molecule has 0 aliphatic carbocycles. The molecule has 1 aromatic carbocycles. The maximum Gasteiger partial charge on any atom is 0.455 e. The number of benzene rings is 1. The quantitative estimate of drug-likeness (QED) is 0.816. The SMILES string of the molecule is Cc1ccc(S(=O)(=O)NC(c2ccco2)C(F)(F)C(F)(F)F)cc1. The molecule has 2 rings (SSSR count). The van der Waals surface area contributed by atoms with Gasteiger partial charge in [0.2, 0.25) is 10.0 Å². The van der Waals surface area contributed by atoms with Crippen LogP contribution < -0.4 is 4.72 Å². The first-order valence-electron chi connectivity index (χ1n) is 6.52. The number of nitrogens with one attached hydrogen (secondary N) is 1. The highest BCUT2D eigenvalue weighted by molar-refractivity contribution is 7.89. The van der Waals surface area contributed by atoms with Crippen LogP contribution in [0.15, 0.2) is 52.0 Å². The number of furan rings is 1. The summed E-state index contributed by atoms with van der Waals surface area (Å²) in [5.41, 5.74) is 0.692. The van der Waals surface area contributed by atoms with Crippen molar-refractivity contribution in [3.05, 3.63) is 54.0 Å². The molecule has 0 radical (unpaired) electrons. The van der Waals surface area contributed by atoms with Crippen molar-refractivity contribution in [1.29, 1.82) is 0 Å². The van der Waals surface area contributed by atoms with Crippen molar-refractivity contribution in [2.75, 3.05) is 0 Å². The third kappa shape index (κ3) is 3.59. The van der Waals surface area contributed by atoms with Crippen molar-refractivity contribution >= 4 is 10.0 Å². The maximum atomic E-state index is 13.8. The smallest absolute Gasteiger partial charge is 0.455 e. The van der Waals surface area contributed by atoms with Gasteiger partial charge in [0.15, 0.2) is 6.04 Å². The van der Waals surface area contributed by atoms with E-state index in [1.54, 1.807) is 6.92 Å². The van der Waals surface area contributed by atoms with Crippen LogP contribution in [0.2, 0.25) is 0 Å². The van der Waals surface area contributed by atoms with Crippen molar-refractivity contribution in [1.82, 2.24) is 4.72 Å². The number of rotatable bonds is 5. The van der Waals surface area contributed by atoms with E-state index in [4.69, 9.17) is 0 Å². The Morgan fingerprint density at radius 2 is 1.62 bits per heavy atom. The van der Waals surface area contributed by atoms with Gasteiger partial charge in [0.25, 0.3) is 0 Å². The first-order valence-corrected chi connectivity index (χ1v) is 8.00. The second-order valence-corrected chi connectivity index (χ2v) is 6.72. The lowest BCUT2D eigenvalue weighted by molar-refractivity contribution is -0.293. The number of aryl methyl sites for hydroxylation is 1. The Hall–Kier alpha value is -1.94. The minimum Gasteiger partial charge on any atom is -0.467 e. The van der Waals surface area contributed by atoms with Gasteiger partial charge in [0, 0.05) is 0 Å². The summed E-state index contributed by atoms with van der Waals surface area (Å²) in [7, 11) is -4.64. The van der Waals surface area contributed by atoms with E-state index in [-0.39, 0.29) is 0 Å². The zero-order chi connectivity index (χ0) is 18.2. The van der Waals surface area contributed by atoms with Crippen molar-refractivity contribution < 1.29 is 34.8 Å². The molecule has 1 aromatic heterocycles. The highest BCUT2D eigenvalue weighted by Crippen LogP contribution is 2.45. The van der Waals surface area contributed by atoms with Crippen molar-refractivity contribution in [2.24, 2.45) is 0 Å². The summed E-state index contributed by atoms with van der Waals surface area (Å²) < 4.78 is 95.8. The molecular formula is C14H12F5NO3S. The Morgan fingerprint density at radius 1 is 1.04 bits per heavy atom. The van der Waals surface area contributed by atoms with E-state index in [9.17, 15) is 30.4 Å². The van der Waals surface area contributed by atoms with Gasteiger partial charge in [-0.05, 0) is 31.2 Å². The van der Waals surface area contributed by atoms with Crippen LogP contribution in [-0.2, 0) is 10.0 Å². The highest BCUT2D eigenvalue weighted by atomic mass is 32.2. The van der Waals surface area contributed by atoms with Crippen LogP contribution in [0.4, 0.5) is 22.0 Å². The van der Waals surface area contributed by atoms with Gasteiger partial charge in [0.1, 0.15) is 5.76 Å². The lowest BCUT2D eigenvalue weighted by atomic mass is 10.1. The minimum atomic E-state index is -5.97. The summed E-state index contributed by atoms with van der Waals surface area (Å²) in [5.74, 6) is -6.23. The molecule has 0 aliphatic heterocycles. The Bertz CT molecular complexity index is 783. The lowest BCUT2D eigenvalue weighted by Gasteiger charge is -2.27. The molecule has 10 heteroatoms. The van der Waals surface area contributed by atoms with Crippen LogP contribution in [0.1, 0.15) is 17.4 Å². The molecule has 4 nitrogen and oxygen atoms in total. The molecule has 1 heterocycles. The van der Waals surface area contributed by atoms with Crippen LogP contribution in [0.5, 0.6) is 0 Å². The number of sulfonamides is 1. The molecule has 0 saturated heterocycles.